The maximum absolute atomic E-state index is 9.53. The first-order chi connectivity index (χ1) is 14.5. The molecule has 0 unspecified atom stereocenters. The van der Waals surface area contributed by atoms with E-state index >= 15 is 0 Å². The molecule has 0 amide bonds. The van der Waals surface area contributed by atoms with Crippen molar-refractivity contribution in [1.82, 2.24) is 0 Å². The minimum atomic E-state index is 0. The molecular weight excluding hydrogens is 480 g/mol. The molecule has 0 rings (SSSR count). The van der Waals surface area contributed by atoms with Crippen molar-refractivity contribution in [2.45, 2.75) is 119 Å². The fourth-order valence-electron chi connectivity index (χ4n) is 0.866. The summed E-state index contributed by atoms with van der Waals surface area (Å²) in [6.45, 7) is 12.6. The van der Waals surface area contributed by atoms with Gasteiger partial charge in [-0.3, -0.25) is 0 Å². The molecule has 7 heteroatoms. The van der Waals surface area contributed by atoms with E-state index in [1.54, 1.807) is 0 Å². The SMILES string of the molecule is CCCC[O-].CCCC[O-].CCCC[O-].CCCC[O-].CCCC[O-].CCCC[O-].[Mo+6]. The second-order valence-corrected chi connectivity index (χ2v) is 6.35. The van der Waals surface area contributed by atoms with Gasteiger partial charge in [-0.25, -0.2) is 0 Å². The van der Waals surface area contributed by atoms with Crippen LogP contribution in [0.5, 0.6) is 0 Å². The van der Waals surface area contributed by atoms with Crippen LogP contribution in [0, 0.1) is 0 Å². The van der Waals surface area contributed by atoms with Gasteiger partial charge in [-0.05, 0) is 0 Å². The number of unbranched alkanes of at least 4 members (excludes halogenated alkanes) is 6. The zero-order valence-corrected chi connectivity index (χ0v) is 23.6. The summed E-state index contributed by atoms with van der Waals surface area (Å²) in [7, 11) is 0. The molecule has 0 fully saturated rings. The van der Waals surface area contributed by atoms with Gasteiger partial charge in [-0.2, -0.15) is 0 Å². The average molecular weight is 535 g/mol. The minimum Gasteiger partial charge on any atom is -0.854 e. The Hall–Kier alpha value is 0.448. The first kappa shape index (κ1) is 48.8. The molecule has 31 heavy (non-hydrogen) atoms. The van der Waals surface area contributed by atoms with Crippen molar-refractivity contribution in [3.63, 3.8) is 0 Å². The first-order valence-electron chi connectivity index (χ1n) is 12.0. The van der Waals surface area contributed by atoms with Crippen LogP contribution in [0.25, 0.3) is 0 Å². The summed E-state index contributed by atoms with van der Waals surface area (Å²) in [6, 6.07) is 0. The molecular formula is C24H54MoO6. The zero-order chi connectivity index (χ0) is 24.7. The van der Waals surface area contributed by atoms with E-state index in [9.17, 15) is 30.6 Å². The maximum atomic E-state index is 9.53. The van der Waals surface area contributed by atoms with Crippen molar-refractivity contribution in [1.29, 1.82) is 0 Å². The molecule has 0 aliphatic carbocycles. The molecule has 0 radical (unpaired) electrons. The van der Waals surface area contributed by atoms with Crippen LogP contribution in [0.4, 0.5) is 0 Å². The Labute approximate surface area is 209 Å². The molecule has 0 saturated heterocycles. The Morgan fingerprint density at radius 3 is 0.387 bits per heavy atom. The summed E-state index contributed by atoms with van der Waals surface area (Å²) < 4.78 is 0. The molecule has 0 aliphatic heterocycles. The molecule has 0 N–H and O–H groups in total. The molecule has 0 atom stereocenters. The largest absolute Gasteiger partial charge is 6.00 e. The van der Waals surface area contributed by atoms with Gasteiger partial charge in [0, 0.05) is 0 Å². The predicted octanol–water partition coefficient (Wildman–Crippen LogP) is 0.878. The van der Waals surface area contributed by atoms with Crippen LogP contribution in [0.3, 0.4) is 0 Å². The number of hydrogen-bond acceptors (Lipinski definition) is 6. The molecule has 0 heterocycles. The van der Waals surface area contributed by atoms with Crippen LogP contribution >= 0.6 is 0 Å². The molecule has 6 nitrogen and oxygen atoms in total. The summed E-state index contributed by atoms with van der Waals surface area (Å²) in [5, 5.41) is 57.2. The van der Waals surface area contributed by atoms with Gasteiger partial charge in [-0.1, -0.05) is 119 Å². The minimum absolute atomic E-state index is 0. The van der Waals surface area contributed by atoms with E-state index < -0.39 is 0 Å². The summed E-state index contributed by atoms with van der Waals surface area (Å²) in [5.74, 6) is 0. The summed E-state index contributed by atoms with van der Waals surface area (Å²) in [5.41, 5.74) is 0. The van der Waals surface area contributed by atoms with Crippen molar-refractivity contribution in [2.24, 2.45) is 0 Å². The maximum Gasteiger partial charge on any atom is 6.00 e. The third-order valence-corrected chi connectivity index (χ3v) is 2.99. The van der Waals surface area contributed by atoms with Crippen molar-refractivity contribution >= 4 is 0 Å². The number of hydrogen-bond donors (Lipinski definition) is 0. The van der Waals surface area contributed by atoms with E-state index in [0.29, 0.717) is 0 Å². The van der Waals surface area contributed by atoms with Crippen LogP contribution in [0.1, 0.15) is 119 Å². The standard InChI is InChI=1S/6C4H9O.Mo/c6*1-2-3-4-5;/h6*2-4H2,1H3;/q6*-1;+6. The second-order valence-electron chi connectivity index (χ2n) is 6.35. The van der Waals surface area contributed by atoms with Gasteiger partial charge in [0.1, 0.15) is 0 Å². The van der Waals surface area contributed by atoms with Crippen molar-refractivity contribution < 1.29 is 51.7 Å². The fraction of sp³-hybridized carbons (Fsp3) is 1.00. The second kappa shape index (κ2) is 77.6. The van der Waals surface area contributed by atoms with Crippen molar-refractivity contribution in [2.75, 3.05) is 39.6 Å². The molecule has 0 aromatic rings. The van der Waals surface area contributed by atoms with Crippen molar-refractivity contribution in [3.8, 4) is 0 Å². The van der Waals surface area contributed by atoms with Gasteiger partial charge in [0.15, 0.2) is 0 Å². The van der Waals surface area contributed by atoms with Crippen LogP contribution in [-0.2, 0) is 21.1 Å². The molecule has 0 aromatic heterocycles. The summed E-state index contributed by atoms with van der Waals surface area (Å²) in [4.78, 5) is 0. The van der Waals surface area contributed by atoms with Crippen molar-refractivity contribution in [3.05, 3.63) is 0 Å². The first-order valence-corrected chi connectivity index (χ1v) is 12.0. The van der Waals surface area contributed by atoms with Gasteiger partial charge < -0.3 is 30.6 Å². The van der Waals surface area contributed by atoms with Crippen LogP contribution in [-0.4, -0.2) is 39.6 Å². The van der Waals surface area contributed by atoms with Crippen LogP contribution in [0.2, 0.25) is 0 Å². The van der Waals surface area contributed by atoms with Gasteiger partial charge >= 0.3 is 21.1 Å². The third kappa shape index (κ3) is 159. The van der Waals surface area contributed by atoms with Gasteiger partial charge in [-0.15, -0.1) is 39.6 Å². The van der Waals surface area contributed by atoms with E-state index in [4.69, 9.17) is 0 Å². The van der Waals surface area contributed by atoms with Crippen LogP contribution < -0.4 is 30.6 Å². The molecule has 0 aliphatic rings. The summed E-state index contributed by atoms with van der Waals surface area (Å²) in [6.07, 6.45) is 11.2. The Kier molecular flexibility index (Phi) is 122. The van der Waals surface area contributed by atoms with Gasteiger partial charge in [0.2, 0.25) is 0 Å². The van der Waals surface area contributed by atoms with E-state index in [-0.39, 0.29) is 60.7 Å². The normalized spacial score (nSPS) is 8.13. The Balaban J connectivity index is -0.0000000443. The van der Waals surface area contributed by atoms with E-state index in [0.717, 1.165) is 77.0 Å². The fourth-order valence-corrected chi connectivity index (χ4v) is 0.866. The Morgan fingerprint density at radius 1 is 0.290 bits per heavy atom. The smallest absolute Gasteiger partial charge is 0.854 e. The molecule has 0 spiro atoms. The zero-order valence-electron chi connectivity index (χ0n) is 21.6. The molecule has 0 bridgehead atoms. The van der Waals surface area contributed by atoms with E-state index in [1.165, 1.54) is 0 Å². The Morgan fingerprint density at radius 2 is 0.387 bits per heavy atom. The molecule has 0 saturated carbocycles. The average Bonchev–Trinajstić information content (AvgIpc) is 2.74. The molecule has 0 aromatic carbocycles. The van der Waals surface area contributed by atoms with Crippen LogP contribution in [0.15, 0.2) is 0 Å². The third-order valence-electron chi connectivity index (χ3n) is 2.99. The quantitative estimate of drug-likeness (QED) is 0.341. The molecule has 192 valence electrons. The van der Waals surface area contributed by atoms with E-state index in [1.807, 2.05) is 41.5 Å². The monoisotopic (exact) mass is 536 g/mol. The van der Waals surface area contributed by atoms with E-state index in [2.05, 4.69) is 0 Å². The number of rotatable bonds is 12. The predicted molar refractivity (Wildman–Crippen MR) is 119 cm³/mol. The topological polar surface area (TPSA) is 138 Å². The van der Waals surface area contributed by atoms with Gasteiger partial charge in [0.05, 0.1) is 0 Å². The Bertz CT molecular complexity index is 120. The van der Waals surface area contributed by atoms with Gasteiger partial charge in [0.25, 0.3) is 0 Å². The summed E-state index contributed by atoms with van der Waals surface area (Å²) >= 11 is 0.